The molecule has 0 bridgehead atoms. The van der Waals surface area contributed by atoms with Gasteiger partial charge in [0.05, 0.1) is 5.56 Å². The van der Waals surface area contributed by atoms with Crippen LogP contribution in [0.1, 0.15) is 24.0 Å². The van der Waals surface area contributed by atoms with Crippen LogP contribution in [0.15, 0.2) is 22.7 Å². The number of aryl methyl sites for hydroxylation is 1. The van der Waals surface area contributed by atoms with Crippen LogP contribution in [-0.4, -0.2) is 18.0 Å². The summed E-state index contributed by atoms with van der Waals surface area (Å²) in [5.41, 5.74) is -6.69. The van der Waals surface area contributed by atoms with Crippen LogP contribution in [0.4, 0.5) is 43.9 Å². The molecule has 0 saturated carbocycles. The molecule has 1 aromatic rings. The SMILES string of the molecule is FC(F)(F)c1cc(Br)cc(CCCC(F)(C(F)(F)F)C(F)(F)F)c1. The molecule has 0 aliphatic carbocycles. The molecule has 0 nitrogen and oxygen atoms in total. The lowest BCUT2D eigenvalue weighted by Gasteiger charge is -2.29. The molecular formula is C13H9BrF10. The Morgan fingerprint density at radius 2 is 1.25 bits per heavy atom. The van der Waals surface area contributed by atoms with Gasteiger partial charge in [0, 0.05) is 4.47 Å². The summed E-state index contributed by atoms with van der Waals surface area (Å²) < 4.78 is 125. The Labute approximate surface area is 138 Å². The molecule has 0 aliphatic rings. The molecule has 0 N–H and O–H groups in total. The predicted octanol–water partition coefficient (Wildman–Crippen LogP) is 6.62. The van der Waals surface area contributed by atoms with Crippen molar-refractivity contribution in [1.29, 1.82) is 0 Å². The van der Waals surface area contributed by atoms with Crippen molar-refractivity contribution in [3.63, 3.8) is 0 Å². The Hall–Kier alpha value is -1.00. The van der Waals surface area contributed by atoms with Crippen LogP contribution in [0.5, 0.6) is 0 Å². The summed E-state index contributed by atoms with van der Waals surface area (Å²) in [6, 6.07) is 2.40. The fourth-order valence-electron chi connectivity index (χ4n) is 1.94. The van der Waals surface area contributed by atoms with Crippen LogP contribution in [-0.2, 0) is 12.6 Å². The number of rotatable bonds is 4. The molecule has 0 amide bonds. The van der Waals surface area contributed by atoms with Gasteiger partial charge in [0.15, 0.2) is 0 Å². The minimum Gasteiger partial charge on any atom is -0.224 e. The molecule has 0 aliphatic heterocycles. The molecule has 0 saturated heterocycles. The summed E-state index contributed by atoms with van der Waals surface area (Å²) in [6.07, 6.45) is -20.5. The van der Waals surface area contributed by atoms with Gasteiger partial charge in [-0.1, -0.05) is 15.9 Å². The summed E-state index contributed by atoms with van der Waals surface area (Å²) >= 11 is 2.77. The molecule has 0 aromatic heterocycles. The molecule has 0 heterocycles. The zero-order valence-corrected chi connectivity index (χ0v) is 13.1. The second kappa shape index (κ2) is 6.72. The number of benzene rings is 1. The lowest BCUT2D eigenvalue weighted by atomic mass is 9.95. The van der Waals surface area contributed by atoms with Gasteiger partial charge in [-0.3, -0.25) is 0 Å². The lowest BCUT2D eigenvalue weighted by molar-refractivity contribution is -0.343. The number of hydrogen-bond donors (Lipinski definition) is 0. The Morgan fingerprint density at radius 1 is 0.750 bits per heavy atom. The average Bonchev–Trinajstić information content (AvgIpc) is 2.34. The van der Waals surface area contributed by atoms with E-state index in [4.69, 9.17) is 0 Å². The van der Waals surface area contributed by atoms with Crippen LogP contribution in [0.25, 0.3) is 0 Å². The van der Waals surface area contributed by atoms with E-state index in [1.165, 1.54) is 0 Å². The van der Waals surface area contributed by atoms with Gasteiger partial charge in [0.1, 0.15) is 0 Å². The van der Waals surface area contributed by atoms with E-state index in [1.54, 1.807) is 0 Å². The lowest BCUT2D eigenvalue weighted by Crippen LogP contribution is -2.53. The minimum absolute atomic E-state index is 0.0505. The third-order valence-electron chi connectivity index (χ3n) is 3.17. The van der Waals surface area contributed by atoms with E-state index in [9.17, 15) is 43.9 Å². The van der Waals surface area contributed by atoms with Crippen molar-refractivity contribution in [1.82, 2.24) is 0 Å². The summed E-state index contributed by atoms with van der Waals surface area (Å²) in [5, 5.41) is 0. The van der Waals surface area contributed by atoms with Crippen molar-refractivity contribution in [2.75, 3.05) is 0 Å². The summed E-state index contributed by atoms with van der Waals surface area (Å²) in [5.74, 6) is 0. The van der Waals surface area contributed by atoms with E-state index in [0.717, 1.165) is 6.07 Å². The van der Waals surface area contributed by atoms with Gasteiger partial charge in [-0.05, 0) is 43.0 Å². The van der Waals surface area contributed by atoms with Gasteiger partial charge in [0.25, 0.3) is 5.67 Å². The molecule has 138 valence electrons. The quantitative estimate of drug-likeness (QED) is 0.467. The van der Waals surface area contributed by atoms with Gasteiger partial charge in [0.2, 0.25) is 0 Å². The third-order valence-corrected chi connectivity index (χ3v) is 3.63. The molecule has 0 radical (unpaired) electrons. The largest absolute Gasteiger partial charge is 0.431 e. The molecule has 0 spiro atoms. The first-order valence-corrected chi connectivity index (χ1v) is 7.06. The van der Waals surface area contributed by atoms with Crippen molar-refractivity contribution in [3.05, 3.63) is 33.8 Å². The second-order valence-electron chi connectivity index (χ2n) is 5.00. The number of hydrogen-bond acceptors (Lipinski definition) is 0. The zero-order chi connectivity index (χ0) is 19.0. The predicted molar refractivity (Wildman–Crippen MR) is 68.0 cm³/mol. The van der Waals surface area contributed by atoms with E-state index in [-0.39, 0.29) is 10.0 Å². The Morgan fingerprint density at radius 3 is 1.67 bits per heavy atom. The van der Waals surface area contributed by atoms with Gasteiger partial charge in [-0.2, -0.15) is 39.5 Å². The Bertz CT molecular complexity index is 556. The molecular weight excluding hydrogens is 426 g/mol. The fourth-order valence-corrected chi connectivity index (χ4v) is 2.48. The van der Waals surface area contributed by atoms with Crippen molar-refractivity contribution >= 4 is 15.9 Å². The maximum atomic E-state index is 13.4. The van der Waals surface area contributed by atoms with E-state index in [2.05, 4.69) is 15.9 Å². The van der Waals surface area contributed by atoms with Crippen molar-refractivity contribution < 1.29 is 43.9 Å². The smallest absolute Gasteiger partial charge is 0.224 e. The Balaban J connectivity index is 2.92. The van der Waals surface area contributed by atoms with Crippen molar-refractivity contribution in [2.24, 2.45) is 0 Å². The first-order chi connectivity index (χ1) is 10.6. The average molecular weight is 435 g/mol. The van der Waals surface area contributed by atoms with Gasteiger partial charge in [-0.25, -0.2) is 4.39 Å². The van der Waals surface area contributed by atoms with E-state index < -0.39 is 49.0 Å². The maximum Gasteiger partial charge on any atom is 0.431 e. The second-order valence-corrected chi connectivity index (χ2v) is 5.91. The highest BCUT2D eigenvalue weighted by molar-refractivity contribution is 9.10. The van der Waals surface area contributed by atoms with Crippen molar-refractivity contribution in [2.45, 2.75) is 43.5 Å². The highest BCUT2D eigenvalue weighted by atomic mass is 79.9. The maximum absolute atomic E-state index is 13.4. The van der Waals surface area contributed by atoms with E-state index in [1.807, 2.05) is 0 Å². The van der Waals surface area contributed by atoms with Gasteiger partial charge < -0.3 is 0 Å². The van der Waals surface area contributed by atoms with E-state index >= 15 is 0 Å². The molecule has 1 aromatic carbocycles. The molecule has 1 rings (SSSR count). The first kappa shape index (κ1) is 21.0. The number of halogens is 11. The molecule has 24 heavy (non-hydrogen) atoms. The highest BCUT2D eigenvalue weighted by Crippen LogP contribution is 2.49. The van der Waals surface area contributed by atoms with Crippen LogP contribution in [0.3, 0.4) is 0 Å². The molecule has 0 fully saturated rings. The first-order valence-electron chi connectivity index (χ1n) is 6.27. The standard InChI is InChI=1S/C13H9BrF10/c14-9-5-7(4-8(6-9)11(16,17)18)2-1-3-10(15,12(19,20)21)13(22,23)24/h4-6H,1-3H2. The van der Waals surface area contributed by atoms with Gasteiger partial charge >= 0.3 is 18.5 Å². The summed E-state index contributed by atoms with van der Waals surface area (Å²) in [7, 11) is 0. The molecule has 0 unspecified atom stereocenters. The Kier molecular flexibility index (Phi) is 5.89. The van der Waals surface area contributed by atoms with Gasteiger partial charge in [-0.15, -0.1) is 0 Å². The number of alkyl halides is 10. The monoisotopic (exact) mass is 434 g/mol. The normalized spacial score (nSPS) is 14.1. The van der Waals surface area contributed by atoms with Crippen LogP contribution in [0.2, 0.25) is 0 Å². The van der Waals surface area contributed by atoms with E-state index in [0.29, 0.717) is 12.1 Å². The third kappa shape index (κ3) is 4.76. The topological polar surface area (TPSA) is 0 Å². The molecule has 11 heteroatoms. The van der Waals surface area contributed by atoms with Crippen LogP contribution in [0, 0.1) is 0 Å². The highest BCUT2D eigenvalue weighted by Gasteiger charge is 2.71. The van der Waals surface area contributed by atoms with Crippen LogP contribution < -0.4 is 0 Å². The fraction of sp³-hybridized carbons (Fsp3) is 0.538. The zero-order valence-electron chi connectivity index (χ0n) is 11.5. The summed E-state index contributed by atoms with van der Waals surface area (Å²) in [6.45, 7) is 0. The summed E-state index contributed by atoms with van der Waals surface area (Å²) in [4.78, 5) is 0. The van der Waals surface area contributed by atoms with Crippen molar-refractivity contribution in [3.8, 4) is 0 Å². The molecule has 0 atom stereocenters. The van der Waals surface area contributed by atoms with Crippen LogP contribution >= 0.6 is 15.9 Å². The minimum atomic E-state index is -6.17.